The number of hydrogen-bond donors (Lipinski definition) is 7. The molecule has 2 aromatic carbocycles. The van der Waals surface area contributed by atoms with E-state index in [1.807, 2.05) is 23.7 Å². The van der Waals surface area contributed by atoms with Gasteiger partial charge >= 0.3 is 22.7 Å². The van der Waals surface area contributed by atoms with Gasteiger partial charge in [0.05, 0.1) is 56.4 Å². The number of likely N-dealkylation sites (N-methyl/N-ethyl adjacent to an activating group) is 1. The van der Waals surface area contributed by atoms with E-state index in [0.29, 0.717) is 97.1 Å². The Labute approximate surface area is 454 Å². The van der Waals surface area contributed by atoms with Gasteiger partial charge in [-0.25, -0.2) is 9.36 Å². The summed E-state index contributed by atoms with van der Waals surface area (Å²) in [6.07, 6.45) is 0.112. The fourth-order valence-electron chi connectivity index (χ4n) is 8.54. The number of benzene rings is 2. The van der Waals surface area contributed by atoms with Gasteiger partial charge in [-0.05, 0) is 55.5 Å². The Kier molecular flexibility index (Phi) is 21.3. The first kappa shape index (κ1) is 58.9. The molecule has 2 aromatic heterocycles. The van der Waals surface area contributed by atoms with Crippen molar-refractivity contribution < 1.29 is 61.2 Å². The molecule has 0 unspecified atom stereocenters. The maximum Gasteiger partial charge on any atom is 0.442 e. The number of ether oxygens (including phenoxy) is 4. The van der Waals surface area contributed by atoms with E-state index >= 15 is 0 Å². The largest absolute Gasteiger partial charge is 0.493 e. The zero-order chi connectivity index (χ0) is 55.7. The summed E-state index contributed by atoms with van der Waals surface area (Å²) >= 11 is 2.49. The molecule has 27 heteroatoms. The topological polar surface area (TPSA) is 285 Å². The molecule has 3 aliphatic heterocycles. The second kappa shape index (κ2) is 28.2. The molecule has 4 atom stereocenters. The van der Waals surface area contributed by atoms with Crippen molar-refractivity contribution in [1.29, 1.82) is 0 Å². The number of urea groups is 1. The number of amides is 5. The number of nitrogens with zero attached hydrogens (tertiary/aromatic N) is 4. The lowest BCUT2D eigenvalue weighted by atomic mass is 10.0. The van der Waals surface area contributed by atoms with Crippen molar-refractivity contribution in [3.63, 3.8) is 0 Å². The van der Waals surface area contributed by atoms with Crippen LogP contribution in [0.4, 0.5) is 23.8 Å². The number of carbonyl (C=O) groups excluding carboxylic acids is 5. The van der Waals surface area contributed by atoms with Crippen LogP contribution < -0.4 is 46.5 Å². The molecule has 0 saturated carbocycles. The van der Waals surface area contributed by atoms with Crippen LogP contribution in [-0.2, 0) is 35.9 Å². The molecule has 5 heterocycles. The van der Waals surface area contributed by atoms with Gasteiger partial charge < -0.3 is 60.5 Å². The zero-order valence-electron chi connectivity index (χ0n) is 42.8. The third kappa shape index (κ3) is 16.6. The highest BCUT2D eigenvalue weighted by atomic mass is 32.2. The standard InChI is InChI=1S/C51H63F3N10O12S2/c1-63(41-29-35(65)16-19-55-41)20-23-76-36-14-8-32(9-15-36)28-40-47(70)64(49(72)78-40)43(67)30-37(58-45(68)33-10-12-34(13-11-33)50(61-62-50)51(52,53)54)46(69)57-18-5-22-74-25-27-75-26-24-73-21-4-17-56-42(66)7-3-2-6-39-44-38(31-77-39)59-48(71)60-44/h8-16,19,29,37-39,44,70H,2-7,17-18,20-28,30-31H2,1H3,(H,55,65)(H,56,66)(H,57,69)(H,58,68)(H2,59,60,71)/t37-,38+,39+,44+/m1/s1. The van der Waals surface area contributed by atoms with Gasteiger partial charge in [0.1, 0.15) is 24.2 Å². The average molecular weight is 1130 g/mol. The predicted molar refractivity (Wildman–Crippen MR) is 283 cm³/mol. The zero-order valence-corrected chi connectivity index (χ0v) is 44.4. The quantitative estimate of drug-likeness (QED) is 0.0267. The van der Waals surface area contributed by atoms with Gasteiger partial charge in [-0.15, -0.1) is 10.2 Å². The van der Waals surface area contributed by atoms with Crippen LogP contribution in [-0.4, -0.2) is 153 Å². The van der Waals surface area contributed by atoms with E-state index in [-0.39, 0.29) is 78.2 Å². The van der Waals surface area contributed by atoms with E-state index in [0.717, 1.165) is 49.3 Å². The van der Waals surface area contributed by atoms with Gasteiger partial charge in [0.2, 0.25) is 23.6 Å². The fraction of sp³-hybridized carbons (Fsp3) is 0.510. The molecule has 0 radical (unpaired) electrons. The number of thiazole rings is 1. The minimum Gasteiger partial charge on any atom is -0.493 e. The van der Waals surface area contributed by atoms with E-state index in [9.17, 15) is 51.8 Å². The van der Waals surface area contributed by atoms with Crippen LogP contribution in [0.25, 0.3) is 0 Å². The van der Waals surface area contributed by atoms with Crippen molar-refractivity contribution in [3.8, 4) is 11.6 Å². The number of pyridine rings is 1. The molecule has 2 fully saturated rings. The molecular formula is C51H63F3N10O12S2. The molecule has 2 saturated heterocycles. The number of aromatic hydroxyl groups is 1. The number of unbranched alkanes of at least 4 members (excludes halogenated alkanes) is 1. The number of rotatable bonds is 32. The van der Waals surface area contributed by atoms with E-state index in [4.69, 9.17) is 18.9 Å². The number of anilines is 1. The molecule has 22 nitrogen and oxygen atoms in total. The smallest absolute Gasteiger partial charge is 0.442 e. The maximum atomic E-state index is 13.7. The van der Waals surface area contributed by atoms with Crippen LogP contribution in [0.2, 0.25) is 0 Å². The molecule has 422 valence electrons. The number of fused-ring (bicyclic) bond motifs is 1. The first-order chi connectivity index (χ1) is 37.5. The van der Waals surface area contributed by atoms with Crippen molar-refractivity contribution in [2.45, 2.75) is 86.6 Å². The van der Waals surface area contributed by atoms with E-state index < -0.39 is 52.8 Å². The fourth-order valence-corrected chi connectivity index (χ4v) is 11.0. The minimum atomic E-state index is -4.80. The highest BCUT2D eigenvalue weighted by Crippen LogP contribution is 2.52. The lowest BCUT2D eigenvalue weighted by molar-refractivity contribution is -0.166. The van der Waals surface area contributed by atoms with E-state index in [1.165, 1.54) is 12.1 Å². The van der Waals surface area contributed by atoms with Gasteiger partial charge in [0.25, 0.3) is 5.91 Å². The molecule has 0 bridgehead atoms. The van der Waals surface area contributed by atoms with Gasteiger partial charge in [0.15, 0.2) is 5.43 Å². The molecule has 7 rings (SSSR count). The third-order valence-corrected chi connectivity index (χ3v) is 15.3. The normalized spacial score (nSPS) is 17.4. The number of nitrogens with one attached hydrogen (secondary N) is 6. The van der Waals surface area contributed by atoms with Crippen LogP contribution in [0.5, 0.6) is 11.6 Å². The summed E-state index contributed by atoms with van der Waals surface area (Å²) in [5, 5.41) is 31.7. The first-order valence-electron chi connectivity index (χ1n) is 25.5. The summed E-state index contributed by atoms with van der Waals surface area (Å²) in [7, 11) is 1.81. The van der Waals surface area contributed by atoms with Crippen LogP contribution in [0.15, 0.2) is 86.7 Å². The Hall–Kier alpha value is -6.81. The molecule has 4 aromatic rings. The number of H-pyrrole nitrogens is 1. The summed E-state index contributed by atoms with van der Waals surface area (Å²) < 4.78 is 63.9. The highest BCUT2D eigenvalue weighted by Gasteiger charge is 2.65. The minimum absolute atomic E-state index is 0.00189. The van der Waals surface area contributed by atoms with Crippen molar-refractivity contribution in [1.82, 2.24) is 36.1 Å². The number of carbonyl (C=O) groups is 5. The number of alkyl halides is 3. The lowest BCUT2D eigenvalue weighted by Crippen LogP contribution is -2.49. The van der Waals surface area contributed by atoms with Crippen molar-refractivity contribution in [2.75, 3.05) is 83.6 Å². The molecule has 3 aliphatic rings. The van der Waals surface area contributed by atoms with Crippen LogP contribution in [0.1, 0.15) is 76.1 Å². The Morgan fingerprint density at radius 3 is 2.22 bits per heavy atom. The van der Waals surface area contributed by atoms with Crippen LogP contribution >= 0.6 is 23.1 Å². The number of aromatic amines is 1. The summed E-state index contributed by atoms with van der Waals surface area (Å²) in [5.74, 6) is -1.30. The predicted octanol–water partition coefficient (Wildman–Crippen LogP) is 4.21. The molecule has 0 spiro atoms. The van der Waals surface area contributed by atoms with Gasteiger partial charge in [-0.3, -0.25) is 28.8 Å². The monoisotopic (exact) mass is 1130 g/mol. The summed E-state index contributed by atoms with van der Waals surface area (Å²) in [5.41, 5.74) is -2.65. The maximum absolute atomic E-state index is 13.7. The second-order valence-corrected chi connectivity index (χ2v) is 20.9. The molecular weight excluding hydrogens is 1070 g/mol. The summed E-state index contributed by atoms with van der Waals surface area (Å²) in [6, 6.07) is 12.7. The number of aromatic nitrogens is 2. The first-order valence-corrected chi connectivity index (χ1v) is 27.3. The van der Waals surface area contributed by atoms with Crippen molar-refractivity contribution in [3.05, 3.63) is 108 Å². The third-order valence-electron chi connectivity index (χ3n) is 12.9. The summed E-state index contributed by atoms with van der Waals surface area (Å²) in [4.78, 5) is 93.5. The molecule has 0 aliphatic carbocycles. The molecule has 5 amide bonds. The number of thioether (sulfide) groups is 1. The molecule has 78 heavy (non-hydrogen) atoms. The molecule has 7 N–H and O–H groups in total. The Morgan fingerprint density at radius 2 is 1.55 bits per heavy atom. The van der Waals surface area contributed by atoms with Gasteiger partial charge in [0, 0.05) is 86.7 Å². The van der Waals surface area contributed by atoms with E-state index in [2.05, 4.69) is 41.8 Å². The highest BCUT2D eigenvalue weighted by molar-refractivity contribution is 8.00. The Morgan fingerprint density at radius 1 is 0.872 bits per heavy atom. The lowest BCUT2D eigenvalue weighted by Gasteiger charge is -2.19. The van der Waals surface area contributed by atoms with Crippen molar-refractivity contribution >= 4 is 58.6 Å². The summed E-state index contributed by atoms with van der Waals surface area (Å²) in [6.45, 7) is 3.15. The Balaban J connectivity index is 0.801. The number of halogens is 3. The average Bonchev–Trinajstić information content (AvgIpc) is 4.16. The SMILES string of the molecule is CN(CCOc1ccc(Cc2sc(=O)n(C(=O)C[C@@H](NC(=O)c3ccc(C4(C(F)(F)F)N=N4)cc3)C(=O)NCCCOCCOCCOCCCNC(=O)CCCC[C@@H]3SC[C@@H]4NC(=O)N[C@@H]43)c2O)cc1)c1cc(=O)cc[nH]1. The van der Waals surface area contributed by atoms with Crippen molar-refractivity contribution in [2.24, 2.45) is 10.2 Å². The Bertz CT molecular complexity index is 2830. The van der Waals surface area contributed by atoms with Gasteiger partial charge in [-0.2, -0.15) is 24.9 Å². The second-order valence-electron chi connectivity index (χ2n) is 18.6. The van der Waals surface area contributed by atoms with Gasteiger partial charge in [-0.1, -0.05) is 42.0 Å². The van der Waals surface area contributed by atoms with Crippen LogP contribution in [0.3, 0.4) is 0 Å². The number of hydrogen-bond acceptors (Lipinski definition) is 17. The van der Waals surface area contributed by atoms with E-state index in [1.54, 1.807) is 30.5 Å². The van der Waals surface area contributed by atoms with Crippen LogP contribution in [0, 0.1) is 0 Å².